The maximum absolute atomic E-state index is 13.0. The van der Waals surface area contributed by atoms with E-state index >= 15 is 0 Å². The summed E-state index contributed by atoms with van der Waals surface area (Å²) in [5.41, 5.74) is 1.12. The van der Waals surface area contributed by atoms with Gasteiger partial charge in [0.1, 0.15) is 0 Å². The van der Waals surface area contributed by atoms with Gasteiger partial charge in [-0.05, 0) is 40.7 Å². The van der Waals surface area contributed by atoms with Crippen LogP contribution in [0.2, 0.25) is 0 Å². The Morgan fingerprint density at radius 3 is 2.33 bits per heavy atom. The molecular weight excluding hydrogens is 386 g/mol. The number of nitro benzene ring substituents is 2. The summed E-state index contributed by atoms with van der Waals surface area (Å²) < 4.78 is 0. The number of non-ortho nitro benzene ring substituents is 2. The zero-order chi connectivity index (χ0) is 21.4. The normalized spacial score (nSPS) is 17.9. The molecule has 0 aliphatic heterocycles. The summed E-state index contributed by atoms with van der Waals surface area (Å²) in [6.07, 6.45) is 1.78. The van der Waals surface area contributed by atoms with Crippen molar-refractivity contribution >= 4 is 28.1 Å². The minimum Gasteiger partial charge on any atom is -0.345 e. The van der Waals surface area contributed by atoms with E-state index in [0.29, 0.717) is 0 Å². The second-order valence-corrected chi connectivity index (χ2v) is 7.58. The first-order valence-electron chi connectivity index (χ1n) is 9.60. The van der Waals surface area contributed by atoms with Crippen LogP contribution in [0.3, 0.4) is 0 Å². The average molecular weight is 405 g/mol. The van der Waals surface area contributed by atoms with Crippen molar-refractivity contribution in [2.24, 2.45) is 5.92 Å². The summed E-state index contributed by atoms with van der Waals surface area (Å²) >= 11 is 0. The third-order valence-electron chi connectivity index (χ3n) is 5.68. The Kier molecular flexibility index (Phi) is 4.91. The maximum atomic E-state index is 13.0. The van der Waals surface area contributed by atoms with Gasteiger partial charge < -0.3 is 5.32 Å². The van der Waals surface area contributed by atoms with Crippen LogP contribution in [-0.2, 0) is 6.42 Å². The monoisotopic (exact) mass is 405 g/mol. The Hall–Kier alpha value is -3.81. The van der Waals surface area contributed by atoms with Gasteiger partial charge in [0.05, 0.1) is 27.5 Å². The Bertz CT molecular complexity index is 1160. The summed E-state index contributed by atoms with van der Waals surface area (Å²) in [6, 6.07) is 14.8. The minimum absolute atomic E-state index is 0.101. The van der Waals surface area contributed by atoms with E-state index in [1.807, 2.05) is 31.2 Å². The fraction of sp³-hybridized carbons (Fsp3) is 0.227. The number of hydrogen-bond acceptors (Lipinski definition) is 5. The Labute approximate surface area is 171 Å². The van der Waals surface area contributed by atoms with Crippen molar-refractivity contribution in [2.75, 3.05) is 0 Å². The molecule has 1 N–H and O–H groups in total. The van der Waals surface area contributed by atoms with Gasteiger partial charge in [0, 0.05) is 12.1 Å². The van der Waals surface area contributed by atoms with E-state index in [1.54, 1.807) is 0 Å². The Balaban J connectivity index is 1.75. The lowest BCUT2D eigenvalue weighted by atomic mass is 9.78. The van der Waals surface area contributed by atoms with Crippen molar-refractivity contribution in [3.05, 3.63) is 91.5 Å². The lowest BCUT2D eigenvalue weighted by Crippen LogP contribution is -2.35. The van der Waals surface area contributed by atoms with Crippen LogP contribution in [0.5, 0.6) is 0 Å². The summed E-state index contributed by atoms with van der Waals surface area (Å²) in [4.78, 5) is 33.8. The molecule has 0 spiro atoms. The topological polar surface area (TPSA) is 115 Å². The molecule has 8 heteroatoms. The van der Waals surface area contributed by atoms with Gasteiger partial charge in [-0.3, -0.25) is 25.0 Å². The smallest absolute Gasteiger partial charge is 0.277 e. The third kappa shape index (κ3) is 3.47. The highest BCUT2D eigenvalue weighted by Crippen LogP contribution is 2.39. The van der Waals surface area contributed by atoms with Crippen LogP contribution in [0, 0.1) is 26.1 Å². The summed E-state index contributed by atoms with van der Waals surface area (Å²) in [7, 11) is 0. The Morgan fingerprint density at radius 1 is 1.00 bits per heavy atom. The van der Waals surface area contributed by atoms with Crippen LogP contribution < -0.4 is 5.32 Å². The molecular formula is C22H19N3O5. The molecule has 2 atom stereocenters. The lowest BCUT2D eigenvalue weighted by Gasteiger charge is -2.33. The molecule has 0 bridgehead atoms. The first-order valence-corrected chi connectivity index (χ1v) is 9.60. The van der Waals surface area contributed by atoms with Gasteiger partial charge in [-0.1, -0.05) is 43.3 Å². The van der Waals surface area contributed by atoms with Crippen molar-refractivity contribution in [1.82, 2.24) is 5.32 Å². The minimum atomic E-state index is -0.740. The standard InChI is InChI=1S/C22H19N3O5/c1-13-6-7-15-9-8-14-4-2-3-5-19(14)20(15)21(13)23-22(26)16-10-17(24(27)28)12-18(11-16)25(29)30/h2-5,8-13,21H,6-7H2,1H3,(H,23,26)/t13-,21-/m0/s1. The van der Waals surface area contributed by atoms with E-state index in [0.717, 1.165) is 52.9 Å². The Morgan fingerprint density at radius 2 is 1.67 bits per heavy atom. The van der Waals surface area contributed by atoms with Crippen LogP contribution in [0.15, 0.2) is 54.6 Å². The molecule has 3 aromatic rings. The van der Waals surface area contributed by atoms with Gasteiger partial charge in [0.25, 0.3) is 17.3 Å². The molecule has 0 radical (unpaired) electrons. The molecule has 0 unspecified atom stereocenters. The number of carbonyl (C=O) groups excluding carboxylic acids is 1. The number of nitrogens with one attached hydrogen (secondary N) is 1. The van der Waals surface area contributed by atoms with E-state index in [9.17, 15) is 25.0 Å². The van der Waals surface area contributed by atoms with Crippen LogP contribution in [0.25, 0.3) is 10.8 Å². The van der Waals surface area contributed by atoms with Crippen molar-refractivity contribution in [3.63, 3.8) is 0 Å². The third-order valence-corrected chi connectivity index (χ3v) is 5.68. The highest BCUT2D eigenvalue weighted by atomic mass is 16.6. The van der Waals surface area contributed by atoms with Gasteiger partial charge in [-0.25, -0.2) is 0 Å². The van der Waals surface area contributed by atoms with Crippen molar-refractivity contribution in [2.45, 2.75) is 25.8 Å². The second-order valence-electron chi connectivity index (χ2n) is 7.58. The zero-order valence-electron chi connectivity index (χ0n) is 16.2. The molecule has 3 aromatic carbocycles. The number of amides is 1. The molecule has 8 nitrogen and oxygen atoms in total. The molecule has 152 valence electrons. The van der Waals surface area contributed by atoms with Crippen LogP contribution >= 0.6 is 0 Å². The van der Waals surface area contributed by atoms with E-state index in [1.165, 1.54) is 0 Å². The molecule has 1 aliphatic rings. The first-order chi connectivity index (χ1) is 14.3. The molecule has 1 amide bonds. The van der Waals surface area contributed by atoms with E-state index in [2.05, 4.69) is 17.4 Å². The maximum Gasteiger partial charge on any atom is 0.277 e. The fourth-order valence-electron chi connectivity index (χ4n) is 4.14. The molecule has 1 aliphatic carbocycles. The quantitative estimate of drug-likeness (QED) is 0.498. The molecule has 0 aromatic heterocycles. The zero-order valence-corrected chi connectivity index (χ0v) is 16.2. The molecule has 0 saturated heterocycles. The van der Waals surface area contributed by atoms with Crippen molar-refractivity contribution < 1.29 is 14.6 Å². The van der Waals surface area contributed by atoms with Gasteiger partial charge in [-0.2, -0.15) is 0 Å². The largest absolute Gasteiger partial charge is 0.345 e. The molecule has 30 heavy (non-hydrogen) atoms. The predicted octanol–water partition coefficient (Wildman–Crippen LogP) is 4.71. The van der Waals surface area contributed by atoms with Crippen LogP contribution in [0.1, 0.15) is 40.9 Å². The fourth-order valence-corrected chi connectivity index (χ4v) is 4.14. The molecule has 0 saturated carbocycles. The number of nitrogens with zero attached hydrogens (tertiary/aromatic N) is 2. The number of aryl methyl sites for hydroxylation is 1. The molecule has 0 heterocycles. The van der Waals surface area contributed by atoms with Crippen LogP contribution in [-0.4, -0.2) is 15.8 Å². The van der Waals surface area contributed by atoms with Gasteiger partial charge >= 0.3 is 0 Å². The SMILES string of the molecule is C[C@H]1CCc2ccc3ccccc3c2[C@H]1NC(=O)c1cc([N+](=O)[O-])cc([N+](=O)[O-])c1. The van der Waals surface area contributed by atoms with E-state index in [-0.39, 0.29) is 17.5 Å². The number of rotatable bonds is 4. The number of fused-ring (bicyclic) bond motifs is 3. The average Bonchev–Trinajstić information content (AvgIpc) is 2.74. The number of hydrogen-bond donors (Lipinski definition) is 1. The molecule has 4 rings (SSSR count). The lowest BCUT2D eigenvalue weighted by molar-refractivity contribution is -0.394. The summed E-state index contributed by atoms with van der Waals surface area (Å²) in [5, 5.41) is 27.4. The van der Waals surface area contributed by atoms with Crippen LogP contribution in [0.4, 0.5) is 11.4 Å². The van der Waals surface area contributed by atoms with E-state index in [4.69, 9.17) is 0 Å². The second kappa shape index (κ2) is 7.55. The summed E-state index contributed by atoms with van der Waals surface area (Å²) in [5.74, 6) is -0.430. The predicted molar refractivity (Wildman–Crippen MR) is 111 cm³/mol. The number of carbonyl (C=O) groups is 1. The highest BCUT2D eigenvalue weighted by Gasteiger charge is 2.30. The van der Waals surface area contributed by atoms with E-state index < -0.39 is 27.1 Å². The van der Waals surface area contributed by atoms with Crippen molar-refractivity contribution in [1.29, 1.82) is 0 Å². The summed E-state index contributed by atoms with van der Waals surface area (Å²) in [6.45, 7) is 2.05. The number of benzene rings is 3. The highest BCUT2D eigenvalue weighted by molar-refractivity contribution is 5.96. The van der Waals surface area contributed by atoms with Gasteiger partial charge in [-0.15, -0.1) is 0 Å². The van der Waals surface area contributed by atoms with Gasteiger partial charge in [0.2, 0.25) is 0 Å². The van der Waals surface area contributed by atoms with Crippen molar-refractivity contribution in [3.8, 4) is 0 Å². The molecule has 0 fully saturated rings. The van der Waals surface area contributed by atoms with Gasteiger partial charge in [0.15, 0.2) is 0 Å². The number of nitro groups is 2. The first kappa shape index (κ1) is 19.5.